The van der Waals surface area contributed by atoms with Crippen molar-refractivity contribution in [2.24, 2.45) is 11.1 Å². The summed E-state index contributed by atoms with van der Waals surface area (Å²) in [5, 5.41) is 4.11. The minimum atomic E-state index is -0.522. The summed E-state index contributed by atoms with van der Waals surface area (Å²) in [4.78, 5) is 12.2. The Morgan fingerprint density at radius 3 is 2.62 bits per heavy atom. The first-order valence-electron chi connectivity index (χ1n) is 5.30. The van der Waals surface area contributed by atoms with Gasteiger partial charge in [0.1, 0.15) is 5.69 Å². The zero-order valence-corrected chi connectivity index (χ0v) is 11.7. The van der Waals surface area contributed by atoms with Gasteiger partial charge in [-0.05, 0) is 28.3 Å². The van der Waals surface area contributed by atoms with E-state index in [9.17, 15) is 4.79 Å². The molecule has 0 saturated carbocycles. The average Bonchev–Trinajstić information content (AvgIpc) is 2.56. The van der Waals surface area contributed by atoms with Crippen LogP contribution in [-0.2, 0) is 6.54 Å². The highest BCUT2D eigenvalue weighted by atomic mass is 79.9. The fourth-order valence-electron chi connectivity index (χ4n) is 1.39. The molecule has 16 heavy (non-hydrogen) atoms. The van der Waals surface area contributed by atoms with Crippen LogP contribution in [0.5, 0.6) is 0 Å². The van der Waals surface area contributed by atoms with Gasteiger partial charge in [-0.2, -0.15) is 5.10 Å². The van der Waals surface area contributed by atoms with Crippen molar-refractivity contribution in [2.45, 2.75) is 40.3 Å². The molecule has 1 atom stereocenters. The van der Waals surface area contributed by atoms with Crippen LogP contribution in [0, 0.1) is 5.41 Å². The number of Topliss-reactive ketones (excluding diaryl/α,β-unsaturated/α-hetero) is 1. The predicted octanol–water partition coefficient (Wildman–Crippen LogP) is 2.22. The highest BCUT2D eigenvalue weighted by molar-refractivity contribution is 9.10. The van der Waals surface area contributed by atoms with E-state index in [0.717, 1.165) is 0 Å². The lowest BCUT2D eigenvalue weighted by molar-refractivity contribution is 0.0889. The highest BCUT2D eigenvalue weighted by Gasteiger charge is 2.31. The lowest BCUT2D eigenvalue weighted by atomic mass is 9.84. The predicted molar refractivity (Wildman–Crippen MR) is 67.4 cm³/mol. The van der Waals surface area contributed by atoms with Crippen LogP contribution in [0.3, 0.4) is 0 Å². The summed E-state index contributed by atoms with van der Waals surface area (Å²) in [5.74, 6) is -0.0706. The Kier molecular flexibility index (Phi) is 3.91. The Morgan fingerprint density at radius 1 is 1.62 bits per heavy atom. The fourth-order valence-corrected chi connectivity index (χ4v) is 1.88. The van der Waals surface area contributed by atoms with Crippen LogP contribution in [0.15, 0.2) is 10.7 Å². The molecule has 0 saturated heterocycles. The van der Waals surface area contributed by atoms with Crippen molar-refractivity contribution in [2.75, 3.05) is 0 Å². The van der Waals surface area contributed by atoms with Gasteiger partial charge in [0, 0.05) is 6.54 Å². The monoisotopic (exact) mass is 287 g/mol. The van der Waals surface area contributed by atoms with E-state index in [-0.39, 0.29) is 11.2 Å². The Hall–Kier alpha value is -0.680. The molecule has 5 heteroatoms. The largest absolute Gasteiger partial charge is 0.321 e. The van der Waals surface area contributed by atoms with E-state index in [1.54, 1.807) is 10.9 Å². The third-order valence-corrected chi connectivity index (χ3v) is 3.12. The number of nitrogens with zero attached hydrogens (tertiary/aromatic N) is 2. The number of hydrogen-bond donors (Lipinski definition) is 1. The summed E-state index contributed by atoms with van der Waals surface area (Å²) in [6.45, 7) is 8.46. The van der Waals surface area contributed by atoms with E-state index in [0.29, 0.717) is 16.7 Å². The molecule has 1 heterocycles. The van der Waals surface area contributed by atoms with Gasteiger partial charge in [0.05, 0.1) is 16.7 Å². The second kappa shape index (κ2) is 4.67. The van der Waals surface area contributed by atoms with Crippen molar-refractivity contribution < 1.29 is 4.79 Å². The average molecular weight is 288 g/mol. The van der Waals surface area contributed by atoms with Crippen LogP contribution in [0.25, 0.3) is 0 Å². The molecule has 0 radical (unpaired) electrons. The lowest BCUT2D eigenvalue weighted by Gasteiger charge is -2.25. The molecule has 4 nitrogen and oxygen atoms in total. The van der Waals surface area contributed by atoms with E-state index >= 15 is 0 Å². The number of hydrogen-bond acceptors (Lipinski definition) is 3. The van der Waals surface area contributed by atoms with Crippen LogP contribution in [0.4, 0.5) is 0 Å². The number of aromatic nitrogens is 2. The van der Waals surface area contributed by atoms with Crippen LogP contribution >= 0.6 is 15.9 Å². The molecule has 0 aliphatic heterocycles. The molecule has 0 bridgehead atoms. The maximum absolute atomic E-state index is 12.2. The Balaban J connectivity index is 3.09. The molecule has 0 aliphatic rings. The van der Waals surface area contributed by atoms with Crippen LogP contribution in [0.2, 0.25) is 0 Å². The van der Waals surface area contributed by atoms with Crippen molar-refractivity contribution in [3.63, 3.8) is 0 Å². The zero-order valence-electron chi connectivity index (χ0n) is 10.1. The molecule has 1 aromatic rings. The van der Waals surface area contributed by atoms with Gasteiger partial charge in [-0.15, -0.1) is 0 Å². The number of carbonyl (C=O) groups excluding carboxylic acids is 1. The maximum Gasteiger partial charge on any atom is 0.199 e. The van der Waals surface area contributed by atoms with E-state index in [1.165, 1.54) is 0 Å². The molecule has 0 fully saturated rings. The zero-order chi connectivity index (χ0) is 12.5. The van der Waals surface area contributed by atoms with Crippen molar-refractivity contribution in [1.29, 1.82) is 0 Å². The van der Waals surface area contributed by atoms with E-state index in [4.69, 9.17) is 5.73 Å². The first kappa shape index (κ1) is 13.4. The molecule has 1 unspecified atom stereocenters. The third-order valence-electron chi connectivity index (χ3n) is 2.54. The second-order valence-electron chi connectivity index (χ2n) is 4.86. The number of nitrogens with two attached hydrogens (primary N) is 1. The van der Waals surface area contributed by atoms with Crippen LogP contribution in [0.1, 0.15) is 38.2 Å². The smallest absolute Gasteiger partial charge is 0.199 e. The normalized spacial score (nSPS) is 13.9. The molecular formula is C11H18BrN3O. The van der Waals surface area contributed by atoms with Gasteiger partial charge in [0.2, 0.25) is 0 Å². The number of halogens is 1. The van der Waals surface area contributed by atoms with Gasteiger partial charge in [0.15, 0.2) is 5.78 Å². The SMILES string of the molecule is CCn1ncc(Br)c1C(=O)C(N)C(C)(C)C. The molecule has 0 spiro atoms. The molecule has 0 aliphatic carbocycles. The van der Waals surface area contributed by atoms with E-state index < -0.39 is 6.04 Å². The number of carbonyl (C=O) groups is 1. The van der Waals surface area contributed by atoms with Gasteiger partial charge in [-0.25, -0.2) is 0 Å². The number of ketones is 1. The van der Waals surface area contributed by atoms with Crippen LogP contribution < -0.4 is 5.73 Å². The maximum atomic E-state index is 12.2. The Labute approximate surface area is 104 Å². The number of aryl methyl sites for hydroxylation is 1. The second-order valence-corrected chi connectivity index (χ2v) is 5.72. The highest BCUT2D eigenvalue weighted by Crippen LogP contribution is 2.24. The number of rotatable bonds is 3. The molecule has 1 rings (SSSR count). The van der Waals surface area contributed by atoms with Gasteiger partial charge < -0.3 is 5.73 Å². The first-order valence-corrected chi connectivity index (χ1v) is 6.09. The van der Waals surface area contributed by atoms with Crippen LogP contribution in [-0.4, -0.2) is 21.6 Å². The van der Waals surface area contributed by atoms with Crippen molar-refractivity contribution in [3.8, 4) is 0 Å². The summed E-state index contributed by atoms with van der Waals surface area (Å²) >= 11 is 3.33. The molecule has 1 aromatic heterocycles. The fraction of sp³-hybridized carbons (Fsp3) is 0.636. The standard InChI is InChI=1S/C11H18BrN3O/c1-5-15-8(7(12)6-14-15)9(16)10(13)11(2,3)4/h6,10H,5,13H2,1-4H3. The van der Waals surface area contributed by atoms with Crippen molar-refractivity contribution >= 4 is 21.7 Å². The van der Waals surface area contributed by atoms with Gasteiger partial charge in [0.25, 0.3) is 0 Å². The van der Waals surface area contributed by atoms with Gasteiger partial charge >= 0.3 is 0 Å². The first-order chi connectivity index (χ1) is 7.29. The van der Waals surface area contributed by atoms with Gasteiger partial charge in [-0.3, -0.25) is 9.48 Å². The molecule has 0 aromatic carbocycles. The summed E-state index contributed by atoms with van der Waals surface area (Å²) < 4.78 is 2.37. The lowest BCUT2D eigenvalue weighted by Crippen LogP contribution is -2.43. The van der Waals surface area contributed by atoms with Gasteiger partial charge in [-0.1, -0.05) is 20.8 Å². The molecular weight excluding hydrogens is 270 g/mol. The summed E-state index contributed by atoms with van der Waals surface area (Å²) in [7, 11) is 0. The summed E-state index contributed by atoms with van der Waals surface area (Å²) in [6, 6.07) is -0.522. The van der Waals surface area contributed by atoms with Crippen molar-refractivity contribution in [3.05, 3.63) is 16.4 Å². The minimum absolute atomic E-state index is 0.0706. The summed E-state index contributed by atoms with van der Waals surface area (Å²) in [6.07, 6.45) is 1.63. The molecule has 90 valence electrons. The van der Waals surface area contributed by atoms with E-state index in [1.807, 2.05) is 27.7 Å². The minimum Gasteiger partial charge on any atom is -0.321 e. The Bertz CT molecular complexity index is 392. The topological polar surface area (TPSA) is 60.9 Å². The third kappa shape index (κ3) is 2.52. The molecule has 0 amide bonds. The quantitative estimate of drug-likeness (QED) is 0.867. The van der Waals surface area contributed by atoms with E-state index in [2.05, 4.69) is 21.0 Å². The Morgan fingerprint density at radius 2 is 2.19 bits per heavy atom. The summed E-state index contributed by atoms with van der Waals surface area (Å²) in [5.41, 5.74) is 6.28. The van der Waals surface area contributed by atoms with Crippen molar-refractivity contribution in [1.82, 2.24) is 9.78 Å². The molecule has 2 N–H and O–H groups in total.